The number of carboxylic acid groups (broad SMARTS) is 1. The first-order valence-electron chi connectivity index (χ1n) is 8.23. The number of carboxylic acids is 1. The molecule has 1 fully saturated rings. The zero-order chi connectivity index (χ0) is 19.2. The average Bonchev–Trinajstić information content (AvgIpc) is 3.09. The standard InChI is InChI=1S/C15H17N5O6S/c21-14(22)11-9-10(20(23)24)4-5-12(11)27-15-16-17-18-19(15)6-8-26-13-3-1-2-7-25-13/h4-5,9,13H,1-3,6-8H2,(H,21,22). The molecule has 0 aliphatic carbocycles. The summed E-state index contributed by atoms with van der Waals surface area (Å²) in [6.45, 7) is 1.40. The number of carbonyl (C=O) groups is 1. The third-order valence-corrected chi connectivity index (χ3v) is 4.90. The number of hydrogen-bond acceptors (Lipinski definition) is 9. The van der Waals surface area contributed by atoms with Crippen molar-refractivity contribution in [2.24, 2.45) is 0 Å². The van der Waals surface area contributed by atoms with Crippen LogP contribution in [0.25, 0.3) is 0 Å². The van der Waals surface area contributed by atoms with E-state index < -0.39 is 10.9 Å². The fraction of sp³-hybridized carbons (Fsp3) is 0.467. The Bertz CT molecular complexity index is 823. The van der Waals surface area contributed by atoms with Crippen molar-refractivity contribution >= 4 is 23.4 Å². The lowest BCUT2D eigenvalue weighted by Crippen LogP contribution is -2.24. The highest BCUT2D eigenvalue weighted by Gasteiger charge is 2.19. The Balaban J connectivity index is 1.67. The van der Waals surface area contributed by atoms with Crippen LogP contribution in [0, 0.1) is 10.1 Å². The van der Waals surface area contributed by atoms with Crippen LogP contribution >= 0.6 is 11.8 Å². The molecule has 0 saturated carbocycles. The summed E-state index contributed by atoms with van der Waals surface area (Å²) in [5.74, 6) is -1.27. The lowest BCUT2D eigenvalue weighted by atomic mass is 10.2. The second-order valence-corrected chi connectivity index (χ2v) is 6.71. The van der Waals surface area contributed by atoms with Crippen LogP contribution in [-0.2, 0) is 16.0 Å². The van der Waals surface area contributed by atoms with Gasteiger partial charge in [-0.15, -0.1) is 5.10 Å². The third kappa shape index (κ3) is 4.99. The summed E-state index contributed by atoms with van der Waals surface area (Å²) in [4.78, 5) is 21.9. The highest BCUT2D eigenvalue weighted by atomic mass is 32.2. The molecule has 1 unspecified atom stereocenters. The smallest absolute Gasteiger partial charge is 0.337 e. The lowest BCUT2D eigenvalue weighted by Gasteiger charge is -2.22. The van der Waals surface area contributed by atoms with Crippen LogP contribution in [-0.4, -0.2) is 55.7 Å². The van der Waals surface area contributed by atoms with Crippen molar-refractivity contribution < 1.29 is 24.3 Å². The van der Waals surface area contributed by atoms with Gasteiger partial charge in [-0.3, -0.25) is 10.1 Å². The van der Waals surface area contributed by atoms with Crippen molar-refractivity contribution in [1.29, 1.82) is 0 Å². The normalized spacial score (nSPS) is 17.0. The maximum atomic E-state index is 11.4. The Morgan fingerprint density at radius 2 is 2.33 bits per heavy atom. The molecule has 11 nitrogen and oxygen atoms in total. The minimum atomic E-state index is -1.27. The van der Waals surface area contributed by atoms with Gasteiger partial charge >= 0.3 is 5.97 Å². The van der Waals surface area contributed by atoms with E-state index in [0.29, 0.717) is 29.8 Å². The molecule has 1 atom stereocenters. The number of nitro groups is 1. The van der Waals surface area contributed by atoms with Crippen molar-refractivity contribution in [2.45, 2.75) is 42.1 Å². The van der Waals surface area contributed by atoms with Crippen molar-refractivity contribution in [3.8, 4) is 0 Å². The Morgan fingerprint density at radius 3 is 3.04 bits per heavy atom. The van der Waals surface area contributed by atoms with Gasteiger partial charge < -0.3 is 14.6 Å². The second kappa shape index (κ2) is 8.88. The van der Waals surface area contributed by atoms with Crippen LogP contribution in [0.5, 0.6) is 0 Å². The number of non-ortho nitro benzene ring substituents is 1. The fourth-order valence-corrected chi connectivity index (χ4v) is 3.41. The maximum Gasteiger partial charge on any atom is 0.337 e. The summed E-state index contributed by atoms with van der Waals surface area (Å²) >= 11 is 1.02. The van der Waals surface area contributed by atoms with Crippen LogP contribution < -0.4 is 0 Å². The van der Waals surface area contributed by atoms with Gasteiger partial charge in [-0.05, 0) is 47.5 Å². The third-order valence-electron chi connectivity index (χ3n) is 3.85. The molecule has 1 aliphatic heterocycles. The highest BCUT2D eigenvalue weighted by Crippen LogP contribution is 2.31. The van der Waals surface area contributed by atoms with Gasteiger partial charge in [0.1, 0.15) is 0 Å². The topological polar surface area (TPSA) is 142 Å². The van der Waals surface area contributed by atoms with Gasteiger partial charge in [0.05, 0.1) is 23.6 Å². The Morgan fingerprint density at radius 1 is 1.48 bits per heavy atom. The quantitative estimate of drug-likeness (QED) is 0.520. The van der Waals surface area contributed by atoms with Gasteiger partial charge in [-0.2, -0.15) is 0 Å². The summed E-state index contributed by atoms with van der Waals surface area (Å²) in [6.07, 6.45) is 2.73. The predicted octanol–water partition coefficient (Wildman–Crippen LogP) is 1.97. The minimum absolute atomic E-state index is 0.185. The SMILES string of the molecule is O=C(O)c1cc([N+](=O)[O-])ccc1Sc1nnnn1CCOC1CCCCO1. The first-order chi connectivity index (χ1) is 13.0. The van der Waals surface area contributed by atoms with E-state index in [-0.39, 0.29) is 17.5 Å². The molecule has 2 aromatic rings. The highest BCUT2D eigenvalue weighted by molar-refractivity contribution is 7.99. The molecule has 27 heavy (non-hydrogen) atoms. The number of ether oxygens (including phenoxy) is 2. The molecule has 1 saturated heterocycles. The van der Waals surface area contributed by atoms with Crippen LogP contribution in [0.2, 0.25) is 0 Å². The molecule has 3 rings (SSSR count). The fourth-order valence-electron chi connectivity index (χ4n) is 2.51. The molecule has 12 heteroatoms. The molecule has 1 N–H and O–H groups in total. The zero-order valence-electron chi connectivity index (χ0n) is 14.2. The van der Waals surface area contributed by atoms with Gasteiger partial charge in [-0.1, -0.05) is 0 Å². The monoisotopic (exact) mass is 395 g/mol. The van der Waals surface area contributed by atoms with Crippen molar-refractivity contribution in [3.63, 3.8) is 0 Å². The predicted molar refractivity (Wildman–Crippen MR) is 91.5 cm³/mol. The van der Waals surface area contributed by atoms with E-state index in [0.717, 1.165) is 37.1 Å². The molecule has 0 bridgehead atoms. The molecule has 144 valence electrons. The van der Waals surface area contributed by atoms with Crippen LogP contribution in [0.4, 0.5) is 5.69 Å². The summed E-state index contributed by atoms with van der Waals surface area (Å²) < 4.78 is 12.6. The molecule has 0 spiro atoms. The van der Waals surface area contributed by atoms with Gasteiger partial charge in [0, 0.05) is 23.6 Å². The second-order valence-electron chi connectivity index (χ2n) is 5.70. The van der Waals surface area contributed by atoms with Crippen molar-refractivity contribution in [1.82, 2.24) is 20.2 Å². The first-order valence-corrected chi connectivity index (χ1v) is 9.05. The van der Waals surface area contributed by atoms with E-state index in [1.165, 1.54) is 16.8 Å². The molecule has 2 heterocycles. The van der Waals surface area contributed by atoms with E-state index in [2.05, 4.69) is 15.5 Å². The van der Waals surface area contributed by atoms with Crippen molar-refractivity contribution in [2.75, 3.05) is 13.2 Å². The van der Waals surface area contributed by atoms with Crippen LogP contribution in [0.3, 0.4) is 0 Å². The largest absolute Gasteiger partial charge is 0.478 e. The Kier molecular flexibility index (Phi) is 6.32. The summed E-state index contributed by atoms with van der Waals surface area (Å²) in [6, 6.07) is 3.63. The van der Waals surface area contributed by atoms with Crippen molar-refractivity contribution in [3.05, 3.63) is 33.9 Å². The Labute approximate surface area is 157 Å². The van der Waals surface area contributed by atoms with E-state index >= 15 is 0 Å². The number of nitro benzene ring substituents is 1. The summed E-state index contributed by atoms with van der Waals surface area (Å²) in [5, 5.41) is 31.9. The minimum Gasteiger partial charge on any atom is -0.478 e. The average molecular weight is 395 g/mol. The number of rotatable bonds is 8. The lowest BCUT2D eigenvalue weighted by molar-refractivity contribution is -0.384. The molecular weight excluding hydrogens is 378 g/mol. The molecule has 0 amide bonds. The number of benzene rings is 1. The van der Waals surface area contributed by atoms with Crippen LogP contribution in [0.15, 0.2) is 28.3 Å². The molecular formula is C15H17N5O6S. The number of aromatic nitrogens is 4. The van der Waals surface area contributed by atoms with Gasteiger partial charge in [0.15, 0.2) is 6.29 Å². The van der Waals surface area contributed by atoms with E-state index in [1.54, 1.807) is 0 Å². The maximum absolute atomic E-state index is 11.4. The van der Waals surface area contributed by atoms with Gasteiger partial charge in [0.25, 0.3) is 5.69 Å². The molecule has 1 aromatic carbocycles. The van der Waals surface area contributed by atoms with Gasteiger partial charge in [0.2, 0.25) is 5.16 Å². The zero-order valence-corrected chi connectivity index (χ0v) is 15.0. The number of tetrazole rings is 1. The van der Waals surface area contributed by atoms with E-state index in [1.807, 2.05) is 0 Å². The van der Waals surface area contributed by atoms with E-state index in [9.17, 15) is 20.0 Å². The Hall–Kier alpha value is -2.57. The number of nitrogens with zero attached hydrogens (tertiary/aromatic N) is 5. The first kappa shape index (κ1) is 19.2. The number of hydrogen-bond donors (Lipinski definition) is 1. The van der Waals surface area contributed by atoms with Crippen LogP contribution in [0.1, 0.15) is 29.6 Å². The summed E-state index contributed by atoms with van der Waals surface area (Å²) in [7, 11) is 0. The molecule has 1 aliphatic rings. The molecule has 0 radical (unpaired) electrons. The summed E-state index contributed by atoms with van der Waals surface area (Å²) in [5.41, 5.74) is -0.479. The number of aromatic carboxylic acids is 1. The van der Waals surface area contributed by atoms with Gasteiger partial charge in [-0.25, -0.2) is 9.48 Å². The van der Waals surface area contributed by atoms with E-state index in [4.69, 9.17) is 9.47 Å². The molecule has 1 aromatic heterocycles.